The van der Waals surface area contributed by atoms with Crippen LogP contribution in [0, 0.1) is 23.5 Å². The minimum atomic E-state index is -5.35. The van der Waals surface area contributed by atoms with E-state index in [0.717, 1.165) is 31.4 Å². The molecule has 0 heterocycles. The van der Waals surface area contributed by atoms with Gasteiger partial charge in [0, 0.05) is 12.1 Å². The third-order valence-corrected chi connectivity index (χ3v) is 7.03. The van der Waals surface area contributed by atoms with Crippen LogP contribution in [0.1, 0.15) is 57.2 Å². The number of hydrogen-bond donors (Lipinski definition) is 1. The Balaban J connectivity index is 1.62. The Hall–Kier alpha value is -3.54. The summed E-state index contributed by atoms with van der Waals surface area (Å²) in [7, 11) is 0. The number of fused-ring (bicyclic) bond motifs is 1. The highest BCUT2D eigenvalue weighted by molar-refractivity contribution is 5.88. The first-order chi connectivity index (χ1) is 20.0. The van der Waals surface area contributed by atoms with Crippen LogP contribution in [0.4, 0.5) is 22.0 Å². The summed E-state index contributed by atoms with van der Waals surface area (Å²) in [6.45, 7) is 7.20. The Morgan fingerprint density at radius 3 is 2.23 bits per heavy atom. The molecule has 3 rings (SSSR count). The van der Waals surface area contributed by atoms with Crippen LogP contribution in [0.5, 0.6) is 5.75 Å². The molecule has 1 aliphatic carbocycles. The maximum Gasteiger partial charge on any atom is 0.491 e. The van der Waals surface area contributed by atoms with E-state index >= 15 is 0 Å². The van der Waals surface area contributed by atoms with Gasteiger partial charge in [0.05, 0.1) is 12.3 Å². The number of rotatable bonds is 13. The highest BCUT2D eigenvalue weighted by atomic mass is 19.4. The Labute approximate surface area is 247 Å². The van der Waals surface area contributed by atoms with Crippen LogP contribution >= 0.6 is 0 Å². The minimum Gasteiger partial charge on any atom is -0.486 e. The van der Waals surface area contributed by atoms with Gasteiger partial charge in [-0.1, -0.05) is 38.1 Å². The molecule has 1 N–H and O–H groups in total. The molecule has 0 aliphatic heterocycles. The van der Waals surface area contributed by atoms with E-state index in [0.29, 0.717) is 5.92 Å². The van der Waals surface area contributed by atoms with E-state index in [9.17, 15) is 36.3 Å². The van der Waals surface area contributed by atoms with Gasteiger partial charge in [0.15, 0.2) is 11.6 Å². The first kappa shape index (κ1) is 34.0. The van der Waals surface area contributed by atoms with Crippen LogP contribution in [0.2, 0.25) is 0 Å². The molecule has 0 spiro atoms. The summed E-state index contributed by atoms with van der Waals surface area (Å²) >= 11 is 0. The third-order valence-electron chi connectivity index (χ3n) is 7.03. The number of aryl methyl sites for hydroxylation is 1. The van der Waals surface area contributed by atoms with Gasteiger partial charge in [0.1, 0.15) is 12.7 Å². The molecular formula is C31H36F5NO6. The lowest BCUT2D eigenvalue weighted by Gasteiger charge is -2.31. The molecule has 0 aromatic heterocycles. The number of hydrogen-bond acceptors (Lipinski definition) is 7. The van der Waals surface area contributed by atoms with Gasteiger partial charge in [0.2, 0.25) is 5.82 Å². The average molecular weight is 614 g/mol. The summed E-state index contributed by atoms with van der Waals surface area (Å²) in [5, 5.41) is 3.41. The molecule has 2 aromatic carbocycles. The van der Waals surface area contributed by atoms with Crippen LogP contribution in [0.3, 0.4) is 0 Å². The molecule has 7 nitrogen and oxygen atoms in total. The second-order valence-corrected chi connectivity index (χ2v) is 11.7. The molecule has 2 aromatic rings. The Morgan fingerprint density at radius 1 is 1.02 bits per heavy atom. The highest BCUT2D eigenvalue weighted by Crippen LogP contribution is 2.32. The maximum atomic E-state index is 14.6. The fraction of sp³-hybridized carbons (Fsp3) is 0.516. The van der Waals surface area contributed by atoms with E-state index in [2.05, 4.69) is 22.2 Å². The molecule has 0 saturated carbocycles. The van der Waals surface area contributed by atoms with Gasteiger partial charge < -0.3 is 19.5 Å². The summed E-state index contributed by atoms with van der Waals surface area (Å²) in [6, 6.07) is 10.1. The van der Waals surface area contributed by atoms with Crippen molar-refractivity contribution >= 4 is 17.9 Å². The SMILES string of the molecule is CC(C)C(=O)O[C@@H](CNC(C)(C)CC1Cc2ccccc2C1)COc1cc(CCC(=O)OC(=O)C(F)(F)F)cc(F)c1F. The van der Waals surface area contributed by atoms with E-state index in [1.807, 2.05) is 26.0 Å². The summed E-state index contributed by atoms with van der Waals surface area (Å²) in [4.78, 5) is 34.8. The summed E-state index contributed by atoms with van der Waals surface area (Å²) in [5.74, 6) is -7.87. The number of carbonyl (C=O) groups is 3. The topological polar surface area (TPSA) is 90.9 Å². The van der Waals surface area contributed by atoms with E-state index in [-0.39, 0.29) is 30.7 Å². The van der Waals surface area contributed by atoms with Crippen LogP contribution in [0.25, 0.3) is 0 Å². The van der Waals surface area contributed by atoms with Crippen molar-refractivity contribution in [2.24, 2.45) is 11.8 Å². The number of halogens is 5. The molecule has 43 heavy (non-hydrogen) atoms. The van der Waals surface area contributed by atoms with Gasteiger partial charge in [-0.25, -0.2) is 9.18 Å². The predicted octanol–water partition coefficient (Wildman–Crippen LogP) is 5.65. The van der Waals surface area contributed by atoms with Crippen molar-refractivity contribution in [1.29, 1.82) is 0 Å². The normalized spacial score (nSPS) is 14.4. The molecule has 236 valence electrons. The molecule has 0 amide bonds. The first-order valence-electron chi connectivity index (χ1n) is 14.0. The zero-order chi connectivity index (χ0) is 31.9. The van der Waals surface area contributed by atoms with Crippen molar-refractivity contribution in [1.82, 2.24) is 5.32 Å². The smallest absolute Gasteiger partial charge is 0.486 e. The number of nitrogens with one attached hydrogen (secondary N) is 1. The third kappa shape index (κ3) is 10.3. The standard InChI is InChI=1S/C31H36F5NO6/c1-18(2)28(39)42-23(16-37-30(3,4)15-20-11-21-7-5-6-8-22(21)12-20)17-41-25-14-19(13-24(32)27(25)33)9-10-26(38)43-29(40)31(34,35)36/h5-8,13-14,18,20,23,37H,9-12,15-17H2,1-4H3/t23-/m0/s1. The number of benzene rings is 2. The molecule has 0 saturated heterocycles. The fourth-order valence-corrected chi connectivity index (χ4v) is 4.92. The number of carbonyl (C=O) groups excluding carboxylic acids is 3. The zero-order valence-corrected chi connectivity index (χ0v) is 24.5. The van der Waals surface area contributed by atoms with Crippen molar-refractivity contribution in [3.8, 4) is 5.75 Å². The molecule has 12 heteroatoms. The van der Waals surface area contributed by atoms with E-state index in [1.165, 1.54) is 11.1 Å². The zero-order valence-electron chi connectivity index (χ0n) is 24.5. The second kappa shape index (κ2) is 14.3. The Morgan fingerprint density at radius 2 is 1.65 bits per heavy atom. The lowest BCUT2D eigenvalue weighted by Crippen LogP contribution is -2.47. The van der Waals surface area contributed by atoms with Gasteiger partial charge in [0.25, 0.3) is 0 Å². The predicted molar refractivity (Wildman–Crippen MR) is 146 cm³/mol. The van der Waals surface area contributed by atoms with Crippen LogP contribution in [-0.2, 0) is 43.1 Å². The molecule has 0 radical (unpaired) electrons. The Kier molecular flexibility index (Phi) is 11.3. The van der Waals surface area contributed by atoms with Crippen molar-refractivity contribution < 1.29 is 50.5 Å². The lowest BCUT2D eigenvalue weighted by molar-refractivity contribution is -0.201. The number of alkyl halides is 3. The van der Waals surface area contributed by atoms with Gasteiger partial charge in [-0.15, -0.1) is 0 Å². The summed E-state index contributed by atoms with van der Waals surface area (Å²) in [5.41, 5.74) is 2.33. The van der Waals surface area contributed by atoms with Gasteiger partial charge in [-0.2, -0.15) is 17.6 Å². The van der Waals surface area contributed by atoms with E-state index < -0.39 is 59.9 Å². The molecule has 1 atom stereocenters. The van der Waals surface area contributed by atoms with Crippen LogP contribution in [0.15, 0.2) is 36.4 Å². The van der Waals surface area contributed by atoms with Crippen LogP contribution < -0.4 is 10.1 Å². The number of esters is 3. The highest BCUT2D eigenvalue weighted by Gasteiger charge is 2.42. The van der Waals surface area contributed by atoms with E-state index in [4.69, 9.17) is 9.47 Å². The minimum absolute atomic E-state index is 0.0119. The van der Waals surface area contributed by atoms with Crippen molar-refractivity contribution in [3.63, 3.8) is 0 Å². The average Bonchev–Trinajstić information content (AvgIpc) is 3.32. The summed E-state index contributed by atoms with van der Waals surface area (Å²) < 4.78 is 80.5. The molecule has 1 aliphatic rings. The Bertz CT molecular complexity index is 1290. The lowest BCUT2D eigenvalue weighted by atomic mass is 9.88. The maximum absolute atomic E-state index is 14.6. The second-order valence-electron chi connectivity index (χ2n) is 11.7. The summed E-state index contributed by atoms with van der Waals surface area (Å²) in [6.07, 6.45) is -4.51. The van der Waals surface area contributed by atoms with Crippen molar-refractivity contribution in [3.05, 3.63) is 64.7 Å². The molecule has 0 bridgehead atoms. The number of ether oxygens (including phenoxy) is 3. The van der Waals surface area contributed by atoms with Crippen molar-refractivity contribution in [2.75, 3.05) is 13.2 Å². The fourth-order valence-electron chi connectivity index (χ4n) is 4.92. The van der Waals surface area contributed by atoms with E-state index in [1.54, 1.807) is 13.8 Å². The molecule has 0 fully saturated rings. The molecular weight excluding hydrogens is 577 g/mol. The monoisotopic (exact) mass is 613 g/mol. The van der Waals surface area contributed by atoms with Gasteiger partial charge in [-0.05, 0) is 74.3 Å². The first-order valence-corrected chi connectivity index (χ1v) is 14.0. The largest absolute Gasteiger partial charge is 0.491 e. The molecule has 0 unspecified atom stereocenters. The van der Waals surface area contributed by atoms with Gasteiger partial charge in [-0.3, -0.25) is 9.59 Å². The van der Waals surface area contributed by atoms with Crippen molar-refractivity contribution in [2.45, 2.75) is 77.6 Å². The van der Waals surface area contributed by atoms with Crippen LogP contribution in [-0.4, -0.2) is 48.9 Å². The quantitative estimate of drug-likeness (QED) is 0.177. The van der Waals surface area contributed by atoms with Gasteiger partial charge >= 0.3 is 24.1 Å².